The molecule has 0 aromatic heterocycles. The van der Waals surface area contributed by atoms with Gasteiger partial charge in [0.15, 0.2) is 11.5 Å². The number of amides is 2. The third-order valence-corrected chi connectivity index (χ3v) is 12.4. The van der Waals surface area contributed by atoms with Crippen LogP contribution in [0.4, 0.5) is 0 Å². The van der Waals surface area contributed by atoms with Crippen molar-refractivity contribution in [1.82, 2.24) is 10.2 Å². The Kier molecular flexibility index (Phi) is 15.5. The summed E-state index contributed by atoms with van der Waals surface area (Å²) in [5, 5.41) is 34.0. The van der Waals surface area contributed by atoms with Gasteiger partial charge >= 0.3 is 0 Å². The van der Waals surface area contributed by atoms with Crippen LogP contribution in [0.5, 0.6) is 11.5 Å². The second kappa shape index (κ2) is 19.1. The van der Waals surface area contributed by atoms with Gasteiger partial charge in [-0.05, 0) is 95.2 Å². The van der Waals surface area contributed by atoms with Gasteiger partial charge in [0.2, 0.25) is 11.8 Å². The Hall–Kier alpha value is -1.89. The summed E-state index contributed by atoms with van der Waals surface area (Å²) >= 11 is 2.12. The van der Waals surface area contributed by atoms with Gasteiger partial charge in [0.05, 0.1) is 29.9 Å². The van der Waals surface area contributed by atoms with Crippen molar-refractivity contribution < 1.29 is 34.4 Å². The summed E-state index contributed by atoms with van der Waals surface area (Å²) in [6.07, 6.45) is 14.1. The first kappa shape index (κ1) is 39.9. The molecule has 6 atom stereocenters. The van der Waals surface area contributed by atoms with Gasteiger partial charge in [0.25, 0.3) is 0 Å². The fraction of sp³-hybridized carbons (Fsp3) is 0.744. The zero-order chi connectivity index (χ0) is 35.6. The Bertz CT molecular complexity index is 1270. The van der Waals surface area contributed by atoms with Crippen LogP contribution in [-0.4, -0.2) is 77.1 Å². The number of nitrogens with one attached hydrogen (secondary N) is 1. The number of hydrogen-bond acceptors (Lipinski definition) is 7. The number of rotatable bonds is 20. The van der Waals surface area contributed by atoms with Crippen molar-refractivity contribution >= 4 is 34.4 Å². The molecule has 276 valence electrons. The lowest BCUT2D eigenvalue weighted by Crippen LogP contribution is -2.59. The molecule has 0 heterocycles. The van der Waals surface area contributed by atoms with E-state index in [-0.39, 0.29) is 43.4 Å². The maximum atomic E-state index is 14.3. The van der Waals surface area contributed by atoms with Crippen molar-refractivity contribution in [2.45, 2.75) is 136 Å². The molecule has 9 nitrogen and oxygen atoms in total. The number of hydrogen-bond donors (Lipinski definition) is 4. The van der Waals surface area contributed by atoms with E-state index in [1.165, 1.54) is 52.1 Å². The number of aliphatic hydroxyl groups is 3. The SMILES string of the molecule is CCCCCCCCCCCC(=O)N(CC1CCC2CC1C2(C)C)C1CC(C(=O)NCCO)=CC(Oc2c(I)cc(CO)cc2OC)C1O. The number of unbranched alkanes of at least 4 members (excludes halogenated alkanes) is 8. The normalized spacial score (nSPS) is 25.6. The van der Waals surface area contributed by atoms with Gasteiger partial charge in [-0.25, -0.2) is 0 Å². The van der Waals surface area contributed by atoms with Gasteiger partial charge in [0.1, 0.15) is 12.2 Å². The van der Waals surface area contributed by atoms with E-state index >= 15 is 0 Å². The van der Waals surface area contributed by atoms with E-state index < -0.39 is 18.2 Å². The molecule has 5 rings (SSSR count). The van der Waals surface area contributed by atoms with E-state index in [0.717, 1.165) is 38.0 Å². The molecule has 4 aliphatic carbocycles. The smallest absolute Gasteiger partial charge is 0.247 e. The Morgan fingerprint density at radius 3 is 2.35 bits per heavy atom. The minimum atomic E-state index is -1.09. The summed E-state index contributed by atoms with van der Waals surface area (Å²) < 4.78 is 12.8. The van der Waals surface area contributed by atoms with Crippen LogP contribution in [0, 0.1) is 26.7 Å². The van der Waals surface area contributed by atoms with Crippen molar-refractivity contribution in [2.75, 3.05) is 26.8 Å². The number of methoxy groups -OCH3 is 1. The predicted octanol–water partition coefficient (Wildman–Crippen LogP) is 6.53. The quantitative estimate of drug-likeness (QED) is 0.0874. The molecule has 1 aromatic carbocycles. The van der Waals surface area contributed by atoms with E-state index in [4.69, 9.17) is 9.47 Å². The van der Waals surface area contributed by atoms with Gasteiger partial charge < -0.3 is 35.0 Å². The van der Waals surface area contributed by atoms with Crippen LogP contribution in [0.15, 0.2) is 23.8 Å². The Morgan fingerprint density at radius 1 is 1.04 bits per heavy atom. The number of halogens is 1. The number of carbonyl (C=O) groups is 2. The summed E-state index contributed by atoms with van der Waals surface area (Å²) in [5.74, 6) is 2.09. The van der Waals surface area contributed by atoms with Gasteiger partial charge in [-0.3, -0.25) is 9.59 Å². The molecule has 4 aliphatic rings. The van der Waals surface area contributed by atoms with E-state index in [0.29, 0.717) is 51.0 Å². The number of benzene rings is 1. The first-order chi connectivity index (χ1) is 23.5. The van der Waals surface area contributed by atoms with Crippen LogP contribution in [0.2, 0.25) is 0 Å². The lowest BCUT2D eigenvalue weighted by Gasteiger charge is -2.61. The van der Waals surface area contributed by atoms with E-state index in [1.54, 1.807) is 18.2 Å². The third kappa shape index (κ3) is 10.1. The first-order valence-corrected chi connectivity index (χ1v) is 19.8. The Labute approximate surface area is 307 Å². The second-order valence-corrected chi connectivity index (χ2v) is 16.3. The summed E-state index contributed by atoms with van der Waals surface area (Å²) in [4.78, 5) is 29.5. The molecule has 1 aromatic rings. The standard InChI is InChI=1S/C39H61IN2O7/c1-5-6-7-8-9-10-11-12-13-14-35(45)42(24-27-15-16-29-23-30(27)39(29,2)3)32-21-28(38(47)41-17-18-43)22-33(36(32)46)49-37-31(40)19-26(25-44)20-34(37)48-4/h19-20,22,27,29-30,32-33,36,43-44,46H,5-18,21,23-25H2,1-4H3,(H,41,47). The van der Waals surface area contributed by atoms with Crippen LogP contribution in [0.25, 0.3) is 0 Å². The van der Waals surface area contributed by atoms with E-state index in [2.05, 4.69) is 48.7 Å². The van der Waals surface area contributed by atoms with Gasteiger partial charge in [-0.1, -0.05) is 72.1 Å². The first-order valence-electron chi connectivity index (χ1n) is 18.8. The number of nitrogens with zero attached hydrogens (tertiary/aromatic N) is 1. The van der Waals surface area contributed by atoms with Crippen LogP contribution < -0.4 is 14.8 Å². The number of carbonyl (C=O) groups excluding carboxylic acids is 2. The fourth-order valence-electron chi connectivity index (χ4n) is 8.48. The third-order valence-electron chi connectivity index (χ3n) is 11.6. The van der Waals surface area contributed by atoms with Gasteiger partial charge in [-0.15, -0.1) is 0 Å². The number of fused-ring (bicyclic) bond motifs is 2. The van der Waals surface area contributed by atoms with E-state index in [9.17, 15) is 24.9 Å². The van der Waals surface area contributed by atoms with Crippen LogP contribution in [-0.2, 0) is 16.2 Å². The highest BCUT2D eigenvalue weighted by atomic mass is 127. The highest BCUT2D eigenvalue weighted by Crippen LogP contribution is 2.61. The van der Waals surface area contributed by atoms with Crippen molar-refractivity contribution in [1.29, 1.82) is 0 Å². The summed E-state index contributed by atoms with van der Waals surface area (Å²) in [6.45, 7) is 7.25. The minimum absolute atomic E-state index is 0.0291. The monoisotopic (exact) mass is 796 g/mol. The number of aliphatic hydroxyl groups excluding tert-OH is 3. The molecule has 3 saturated carbocycles. The van der Waals surface area contributed by atoms with Crippen LogP contribution >= 0.6 is 22.6 Å². The Balaban J connectivity index is 1.57. The van der Waals surface area contributed by atoms with Gasteiger partial charge in [0, 0.05) is 31.5 Å². The molecular weight excluding hydrogens is 735 g/mol. The van der Waals surface area contributed by atoms with E-state index in [1.807, 2.05) is 4.90 Å². The molecule has 49 heavy (non-hydrogen) atoms. The molecule has 0 spiro atoms. The topological polar surface area (TPSA) is 129 Å². The van der Waals surface area contributed by atoms with Crippen molar-refractivity contribution in [2.24, 2.45) is 23.2 Å². The van der Waals surface area contributed by atoms with Gasteiger partial charge in [-0.2, -0.15) is 0 Å². The zero-order valence-electron chi connectivity index (χ0n) is 30.2. The largest absolute Gasteiger partial charge is 0.493 e. The van der Waals surface area contributed by atoms with Crippen molar-refractivity contribution in [3.8, 4) is 11.5 Å². The van der Waals surface area contributed by atoms with Crippen LogP contribution in [0.3, 0.4) is 0 Å². The molecule has 2 amide bonds. The summed E-state index contributed by atoms with van der Waals surface area (Å²) in [6, 6.07) is 2.83. The molecule has 4 N–H and O–H groups in total. The lowest BCUT2D eigenvalue weighted by molar-refractivity contribution is -0.148. The van der Waals surface area contributed by atoms with Crippen LogP contribution in [0.1, 0.15) is 116 Å². The lowest BCUT2D eigenvalue weighted by atomic mass is 9.45. The molecule has 10 heteroatoms. The molecule has 0 saturated heterocycles. The maximum absolute atomic E-state index is 14.3. The average molecular weight is 797 g/mol. The minimum Gasteiger partial charge on any atom is -0.493 e. The predicted molar refractivity (Wildman–Crippen MR) is 200 cm³/mol. The summed E-state index contributed by atoms with van der Waals surface area (Å²) in [7, 11) is 1.52. The molecule has 0 radical (unpaired) electrons. The van der Waals surface area contributed by atoms with Crippen molar-refractivity contribution in [3.63, 3.8) is 0 Å². The highest BCUT2D eigenvalue weighted by Gasteiger charge is 2.55. The summed E-state index contributed by atoms with van der Waals surface area (Å²) in [5.41, 5.74) is 1.33. The molecular formula is C39H61IN2O7. The average Bonchev–Trinajstić information content (AvgIpc) is 3.10. The number of ether oxygens (including phenoxy) is 2. The Morgan fingerprint density at radius 2 is 1.73 bits per heavy atom. The fourth-order valence-corrected chi connectivity index (χ4v) is 9.27. The molecule has 3 fully saturated rings. The highest BCUT2D eigenvalue weighted by molar-refractivity contribution is 14.1. The maximum Gasteiger partial charge on any atom is 0.247 e. The zero-order valence-corrected chi connectivity index (χ0v) is 32.4. The molecule has 6 unspecified atom stereocenters. The molecule has 2 bridgehead atoms. The second-order valence-electron chi connectivity index (χ2n) is 15.1. The molecule has 0 aliphatic heterocycles. The van der Waals surface area contributed by atoms with Crippen molar-refractivity contribution in [3.05, 3.63) is 32.9 Å².